The fraction of sp³-hybridized carbons (Fsp3) is 0.833. The molecule has 0 spiro atoms. The van der Waals surface area contributed by atoms with Crippen molar-refractivity contribution in [1.29, 1.82) is 0 Å². The van der Waals surface area contributed by atoms with Gasteiger partial charge < -0.3 is 0 Å². The lowest BCUT2D eigenvalue weighted by Gasteiger charge is -2.29. The van der Waals surface area contributed by atoms with Crippen molar-refractivity contribution in [1.82, 2.24) is 4.31 Å². The standard InChI is InChI=1S/C6H13NO3S/c1-6(2,3)7(5-8)11(4,9)10/h5H,1-4H3. The first-order valence-corrected chi connectivity index (χ1v) is 4.99. The van der Waals surface area contributed by atoms with Gasteiger partial charge in [0.15, 0.2) is 0 Å². The lowest BCUT2D eigenvalue weighted by molar-refractivity contribution is -0.116. The van der Waals surface area contributed by atoms with Gasteiger partial charge in [-0.3, -0.25) is 4.79 Å². The molecule has 0 atom stereocenters. The Morgan fingerprint density at radius 2 is 1.64 bits per heavy atom. The molecule has 0 N–H and O–H groups in total. The molecule has 0 unspecified atom stereocenters. The Balaban J connectivity index is 4.87. The summed E-state index contributed by atoms with van der Waals surface area (Å²) in [6, 6.07) is 0. The zero-order chi connectivity index (χ0) is 9.28. The van der Waals surface area contributed by atoms with E-state index in [-0.39, 0.29) is 0 Å². The molecule has 11 heavy (non-hydrogen) atoms. The van der Waals surface area contributed by atoms with Crippen LogP contribution in [-0.2, 0) is 14.8 Å². The number of amides is 1. The Hall–Kier alpha value is -0.580. The van der Waals surface area contributed by atoms with Crippen LogP contribution in [0, 0.1) is 0 Å². The van der Waals surface area contributed by atoms with E-state index in [0.29, 0.717) is 6.41 Å². The molecule has 0 bridgehead atoms. The summed E-state index contributed by atoms with van der Waals surface area (Å²) < 4.78 is 22.6. The zero-order valence-corrected chi connectivity index (χ0v) is 7.97. The van der Waals surface area contributed by atoms with Gasteiger partial charge in [-0.25, -0.2) is 12.7 Å². The molecular weight excluding hydrogens is 166 g/mol. The molecule has 4 nitrogen and oxygen atoms in total. The summed E-state index contributed by atoms with van der Waals surface area (Å²) in [4.78, 5) is 10.3. The first-order chi connectivity index (χ1) is 4.69. The first-order valence-electron chi connectivity index (χ1n) is 3.14. The molecule has 0 fully saturated rings. The van der Waals surface area contributed by atoms with Crippen LogP contribution in [0.15, 0.2) is 0 Å². The molecule has 66 valence electrons. The van der Waals surface area contributed by atoms with E-state index in [1.807, 2.05) is 0 Å². The highest BCUT2D eigenvalue weighted by atomic mass is 32.2. The van der Waals surface area contributed by atoms with Gasteiger partial charge in [0.05, 0.1) is 11.8 Å². The molecule has 0 aromatic heterocycles. The van der Waals surface area contributed by atoms with Crippen molar-refractivity contribution in [3.05, 3.63) is 0 Å². The zero-order valence-electron chi connectivity index (χ0n) is 7.16. The van der Waals surface area contributed by atoms with E-state index >= 15 is 0 Å². The number of hydrogen-bond acceptors (Lipinski definition) is 3. The van der Waals surface area contributed by atoms with E-state index in [0.717, 1.165) is 10.6 Å². The van der Waals surface area contributed by atoms with Crippen molar-refractivity contribution in [3.8, 4) is 0 Å². The maximum absolute atomic E-state index is 10.9. The Bertz CT molecular complexity index is 237. The Morgan fingerprint density at radius 3 is 1.64 bits per heavy atom. The van der Waals surface area contributed by atoms with Crippen LogP contribution in [0.5, 0.6) is 0 Å². The van der Waals surface area contributed by atoms with Crippen LogP contribution in [0.4, 0.5) is 0 Å². The Kier molecular flexibility index (Phi) is 2.66. The van der Waals surface area contributed by atoms with E-state index in [1.54, 1.807) is 20.8 Å². The largest absolute Gasteiger partial charge is 0.278 e. The SMILES string of the molecule is CC(C)(C)N(C=O)S(C)(=O)=O. The van der Waals surface area contributed by atoms with E-state index in [4.69, 9.17) is 0 Å². The van der Waals surface area contributed by atoms with Crippen molar-refractivity contribution >= 4 is 16.4 Å². The molecule has 0 aliphatic heterocycles. The second kappa shape index (κ2) is 2.81. The van der Waals surface area contributed by atoms with Gasteiger partial charge in [-0.2, -0.15) is 0 Å². The molecule has 0 aliphatic rings. The molecule has 0 saturated carbocycles. The van der Waals surface area contributed by atoms with Gasteiger partial charge in [-0.05, 0) is 20.8 Å². The summed E-state index contributed by atoms with van der Waals surface area (Å²) in [5.74, 6) is 0. The third-order valence-electron chi connectivity index (χ3n) is 1.11. The van der Waals surface area contributed by atoms with Crippen LogP contribution in [0.2, 0.25) is 0 Å². The third-order valence-corrected chi connectivity index (χ3v) is 2.46. The van der Waals surface area contributed by atoms with Crippen LogP contribution in [0.25, 0.3) is 0 Å². The van der Waals surface area contributed by atoms with Crippen LogP contribution < -0.4 is 0 Å². The van der Waals surface area contributed by atoms with Gasteiger partial charge >= 0.3 is 0 Å². The van der Waals surface area contributed by atoms with Gasteiger partial charge in [0, 0.05) is 0 Å². The number of rotatable bonds is 2. The van der Waals surface area contributed by atoms with Gasteiger partial charge in [-0.1, -0.05) is 0 Å². The van der Waals surface area contributed by atoms with Crippen LogP contribution >= 0.6 is 0 Å². The predicted octanol–water partition coefficient (Wildman–Crippen LogP) is 0.203. The highest BCUT2D eigenvalue weighted by Crippen LogP contribution is 2.13. The van der Waals surface area contributed by atoms with Crippen molar-refractivity contribution in [3.63, 3.8) is 0 Å². The van der Waals surface area contributed by atoms with Gasteiger partial charge in [0.25, 0.3) is 0 Å². The predicted molar refractivity (Wildman–Crippen MR) is 42.5 cm³/mol. The molecule has 5 heteroatoms. The molecule has 0 heterocycles. The highest BCUT2D eigenvalue weighted by molar-refractivity contribution is 7.88. The van der Waals surface area contributed by atoms with Crippen molar-refractivity contribution in [2.75, 3.05) is 6.26 Å². The summed E-state index contributed by atoms with van der Waals surface area (Å²) in [5, 5.41) is 0. The summed E-state index contributed by atoms with van der Waals surface area (Å²) in [6.45, 7) is 4.97. The quantitative estimate of drug-likeness (QED) is 0.569. The van der Waals surface area contributed by atoms with Crippen molar-refractivity contribution < 1.29 is 13.2 Å². The fourth-order valence-electron chi connectivity index (χ4n) is 0.734. The molecule has 0 rings (SSSR count). The third kappa shape index (κ3) is 2.88. The molecule has 0 aliphatic carbocycles. The van der Waals surface area contributed by atoms with E-state index in [9.17, 15) is 13.2 Å². The summed E-state index contributed by atoms with van der Waals surface area (Å²) >= 11 is 0. The molecule has 1 amide bonds. The summed E-state index contributed by atoms with van der Waals surface area (Å²) in [6.07, 6.45) is 1.34. The van der Waals surface area contributed by atoms with Crippen LogP contribution in [-0.4, -0.2) is 30.9 Å². The summed E-state index contributed by atoms with van der Waals surface area (Å²) in [5.41, 5.74) is -0.671. The Morgan fingerprint density at radius 1 is 1.27 bits per heavy atom. The normalized spacial score (nSPS) is 12.7. The maximum atomic E-state index is 10.9. The maximum Gasteiger partial charge on any atom is 0.234 e. The molecule has 0 radical (unpaired) electrons. The second-order valence-corrected chi connectivity index (χ2v) is 5.19. The second-order valence-electron chi connectivity index (χ2n) is 3.34. The van der Waals surface area contributed by atoms with Crippen molar-refractivity contribution in [2.45, 2.75) is 26.3 Å². The lowest BCUT2D eigenvalue weighted by atomic mass is 10.1. The average molecular weight is 179 g/mol. The lowest BCUT2D eigenvalue weighted by Crippen LogP contribution is -2.43. The number of carbonyl (C=O) groups excluding carboxylic acids is 1. The number of hydrogen-bond donors (Lipinski definition) is 0. The minimum atomic E-state index is -3.41. The molecule has 0 saturated heterocycles. The Labute approximate surface area is 67.2 Å². The van der Waals surface area contributed by atoms with Crippen LogP contribution in [0.3, 0.4) is 0 Å². The average Bonchev–Trinajstić information content (AvgIpc) is 1.56. The number of carbonyl (C=O) groups is 1. The van der Waals surface area contributed by atoms with Crippen LogP contribution in [0.1, 0.15) is 20.8 Å². The molecule has 0 aromatic carbocycles. The van der Waals surface area contributed by atoms with E-state index in [1.165, 1.54) is 0 Å². The smallest absolute Gasteiger partial charge is 0.234 e. The number of nitrogens with zero attached hydrogens (tertiary/aromatic N) is 1. The topological polar surface area (TPSA) is 54.5 Å². The monoisotopic (exact) mass is 179 g/mol. The van der Waals surface area contributed by atoms with Crippen molar-refractivity contribution in [2.24, 2.45) is 0 Å². The minimum Gasteiger partial charge on any atom is -0.278 e. The van der Waals surface area contributed by atoms with E-state index in [2.05, 4.69) is 0 Å². The van der Waals surface area contributed by atoms with Gasteiger partial charge in [-0.15, -0.1) is 0 Å². The van der Waals surface area contributed by atoms with Gasteiger partial charge in [0.2, 0.25) is 16.4 Å². The highest BCUT2D eigenvalue weighted by Gasteiger charge is 2.27. The number of sulfonamides is 1. The molecular formula is C6H13NO3S. The van der Waals surface area contributed by atoms with Gasteiger partial charge in [0.1, 0.15) is 0 Å². The fourth-order valence-corrected chi connectivity index (χ4v) is 1.89. The summed E-state index contributed by atoms with van der Waals surface area (Å²) in [7, 11) is -3.41. The van der Waals surface area contributed by atoms with E-state index < -0.39 is 15.6 Å². The first kappa shape index (κ1) is 10.4. The minimum absolute atomic E-state index is 0.329. The molecule has 0 aromatic rings.